The van der Waals surface area contributed by atoms with Gasteiger partial charge in [0.15, 0.2) is 0 Å². The molecular formula is C8H16N2O3. The average Bonchev–Trinajstić information content (AvgIpc) is 2.15. The van der Waals surface area contributed by atoms with E-state index in [-0.39, 0.29) is 6.04 Å². The van der Waals surface area contributed by atoms with Gasteiger partial charge in [0.05, 0.1) is 6.61 Å². The first-order valence-electron chi connectivity index (χ1n) is 4.49. The van der Waals surface area contributed by atoms with Crippen LogP contribution in [0.3, 0.4) is 0 Å². The maximum absolute atomic E-state index is 10.4. The smallest absolute Gasteiger partial charge is 0.321 e. The molecule has 5 heteroatoms. The van der Waals surface area contributed by atoms with Crippen LogP contribution >= 0.6 is 0 Å². The van der Waals surface area contributed by atoms with E-state index in [2.05, 4.69) is 5.32 Å². The van der Waals surface area contributed by atoms with Crippen LogP contribution in [0.5, 0.6) is 0 Å². The summed E-state index contributed by atoms with van der Waals surface area (Å²) in [5.74, 6) is -0.968. The predicted molar refractivity (Wildman–Crippen MR) is 47.5 cm³/mol. The zero-order valence-corrected chi connectivity index (χ0v) is 7.53. The number of rotatable bonds is 4. The molecule has 0 aliphatic carbocycles. The van der Waals surface area contributed by atoms with E-state index >= 15 is 0 Å². The van der Waals surface area contributed by atoms with E-state index in [1.165, 1.54) is 0 Å². The van der Waals surface area contributed by atoms with Gasteiger partial charge in [-0.05, 0) is 12.8 Å². The first-order chi connectivity index (χ1) is 6.20. The fourth-order valence-corrected chi connectivity index (χ4v) is 1.28. The van der Waals surface area contributed by atoms with Gasteiger partial charge in [-0.1, -0.05) is 0 Å². The van der Waals surface area contributed by atoms with Crippen molar-refractivity contribution in [3.8, 4) is 0 Å². The van der Waals surface area contributed by atoms with Crippen molar-refractivity contribution in [2.75, 3.05) is 19.8 Å². The van der Waals surface area contributed by atoms with Crippen LogP contribution in [0.25, 0.3) is 0 Å². The molecule has 5 nitrogen and oxygen atoms in total. The Morgan fingerprint density at radius 3 is 3.08 bits per heavy atom. The van der Waals surface area contributed by atoms with Crippen molar-refractivity contribution >= 4 is 5.97 Å². The van der Waals surface area contributed by atoms with Crippen LogP contribution < -0.4 is 11.1 Å². The quantitative estimate of drug-likeness (QED) is 0.536. The lowest BCUT2D eigenvalue weighted by Gasteiger charge is -2.23. The molecule has 1 fully saturated rings. The third-order valence-electron chi connectivity index (χ3n) is 2.10. The first kappa shape index (κ1) is 10.4. The predicted octanol–water partition coefficient (Wildman–Crippen LogP) is -0.833. The number of nitrogens with one attached hydrogen (secondary N) is 1. The van der Waals surface area contributed by atoms with Crippen molar-refractivity contribution in [3.63, 3.8) is 0 Å². The minimum Gasteiger partial charge on any atom is -0.480 e. The Bertz CT molecular complexity index is 169. The van der Waals surface area contributed by atoms with Gasteiger partial charge < -0.3 is 20.9 Å². The summed E-state index contributed by atoms with van der Waals surface area (Å²) in [7, 11) is 0. The van der Waals surface area contributed by atoms with Gasteiger partial charge in [0.1, 0.15) is 6.04 Å². The largest absolute Gasteiger partial charge is 0.480 e. The molecule has 0 saturated carbocycles. The molecular weight excluding hydrogens is 172 g/mol. The first-order valence-corrected chi connectivity index (χ1v) is 4.49. The molecule has 76 valence electrons. The fraction of sp³-hybridized carbons (Fsp3) is 0.875. The highest BCUT2D eigenvalue weighted by atomic mass is 16.5. The molecule has 1 aliphatic rings. The van der Waals surface area contributed by atoms with Crippen molar-refractivity contribution in [2.24, 2.45) is 5.73 Å². The van der Waals surface area contributed by atoms with Crippen molar-refractivity contribution in [1.82, 2.24) is 5.32 Å². The van der Waals surface area contributed by atoms with E-state index in [1.807, 2.05) is 0 Å². The van der Waals surface area contributed by atoms with Crippen LogP contribution in [0, 0.1) is 0 Å². The lowest BCUT2D eigenvalue weighted by atomic mass is 10.1. The highest BCUT2D eigenvalue weighted by Gasteiger charge is 2.16. The highest BCUT2D eigenvalue weighted by Crippen LogP contribution is 2.05. The van der Waals surface area contributed by atoms with E-state index < -0.39 is 12.0 Å². The molecule has 1 heterocycles. The van der Waals surface area contributed by atoms with E-state index in [1.54, 1.807) is 0 Å². The minimum atomic E-state index is -0.968. The van der Waals surface area contributed by atoms with Gasteiger partial charge in [-0.2, -0.15) is 0 Å². The standard InChI is InChI=1S/C8H16N2O3/c9-7(8(11)12)4-10-6-2-1-3-13-5-6/h6-7,10H,1-5,9H2,(H,11,12). The Morgan fingerprint density at radius 1 is 1.77 bits per heavy atom. The SMILES string of the molecule is NC(CNC1CCCOC1)C(=O)O. The number of hydrogen-bond donors (Lipinski definition) is 3. The van der Waals surface area contributed by atoms with E-state index in [0.717, 1.165) is 19.4 Å². The molecule has 2 unspecified atom stereocenters. The molecule has 0 bridgehead atoms. The summed E-state index contributed by atoms with van der Waals surface area (Å²) in [6.45, 7) is 1.78. The van der Waals surface area contributed by atoms with Crippen molar-refractivity contribution in [3.05, 3.63) is 0 Å². The summed E-state index contributed by atoms with van der Waals surface area (Å²) in [6, 6.07) is -0.555. The normalized spacial score (nSPS) is 25.5. The van der Waals surface area contributed by atoms with Gasteiger partial charge in [0, 0.05) is 19.2 Å². The molecule has 1 rings (SSSR count). The molecule has 0 amide bonds. The Kier molecular flexibility index (Phi) is 4.14. The summed E-state index contributed by atoms with van der Waals surface area (Å²) in [4.78, 5) is 10.4. The molecule has 0 aromatic heterocycles. The van der Waals surface area contributed by atoms with Crippen LogP contribution in [0.4, 0.5) is 0 Å². The molecule has 2 atom stereocenters. The Morgan fingerprint density at radius 2 is 2.54 bits per heavy atom. The maximum Gasteiger partial charge on any atom is 0.321 e. The number of carboxylic acid groups (broad SMARTS) is 1. The van der Waals surface area contributed by atoms with Gasteiger partial charge in [-0.15, -0.1) is 0 Å². The van der Waals surface area contributed by atoms with Crippen LogP contribution in [0.2, 0.25) is 0 Å². The second kappa shape index (κ2) is 5.16. The number of nitrogens with two attached hydrogens (primary N) is 1. The lowest BCUT2D eigenvalue weighted by molar-refractivity contribution is -0.138. The van der Waals surface area contributed by atoms with Crippen molar-refractivity contribution in [2.45, 2.75) is 24.9 Å². The highest BCUT2D eigenvalue weighted by molar-refractivity contribution is 5.73. The lowest BCUT2D eigenvalue weighted by Crippen LogP contribution is -2.46. The minimum absolute atomic E-state index is 0.263. The van der Waals surface area contributed by atoms with Gasteiger partial charge in [-0.3, -0.25) is 4.79 Å². The van der Waals surface area contributed by atoms with Gasteiger partial charge in [0.2, 0.25) is 0 Å². The summed E-state index contributed by atoms with van der Waals surface area (Å²) in [5, 5.41) is 11.6. The number of hydrogen-bond acceptors (Lipinski definition) is 4. The van der Waals surface area contributed by atoms with Gasteiger partial charge in [-0.25, -0.2) is 0 Å². The zero-order valence-electron chi connectivity index (χ0n) is 7.53. The van der Waals surface area contributed by atoms with Crippen LogP contribution in [-0.4, -0.2) is 42.9 Å². The number of aliphatic carboxylic acids is 1. The molecule has 4 N–H and O–H groups in total. The summed E-state index contributed by atoms with van der Waals surface area (Å²) < 4.78 is 5.22. The van der Waals surface area contributed by atoms with Crippen molar-refractivity contribution in [1.29, 1.82) is 0 Å². The third kappa shape index (κ3) is 3.71. The molecule has 1 aliphatic heterocycles. The molecule has 0 aromatic rings. The molecule has 1 saturated heterocycles. The molecule has 0 spiro atoms. The summed E-state index contributed by atoms with van der Waals surface area (Å²) >= 11 is 0. The average molecular weight is 188 g/mol. The molecule has 0 radical (unpaired) electrons. The monoisotopic (exact) mass is 188 g/mol. The van der Waals surface area contributed by atoms with E-state index in [9.17, 15) is 4.79 Å². The van der Waals surface area contributed by atoms with E-state index in [4.69, 9.17) is 15.6 Å². The third-order valence-corrected chi connectivity index (χ3v) is 2.10. The molecule has 0 aromatic carbocycles. The Labute approximate surface area is 77.2 Å². The molecule has 13 heavy (non-hydrogen) atoms. The Hall–Kier alpha value is -0.650. The number of ether oxygens (including phenoxy) is 1. The number of carbonyl (C=O) groups is 1. The number of carboxylic acids is 1. The van der Waals surface area contributed by atoms with Crippen LogP contribution in [0.15, 0.2) is 0 Å². The van der Waals surface area contributed by atoms with Crippen molar-refractivity contribution < 1.29 is 14.6 Å². The topological polar surface area (TPSA) is 84.6 Å². The fourth-order valence-electron chi connectivity index (χ4n) is 1.28. The van der Waals surface area contributed by atoms with Crippen LogP contribution in [-0.2, 0) is 9.53 Å². The zero-order chi connectivity index (χ0) is 9.68. The second-order valence-electron chi connectivity index (χ2n) is 3.27. The summed E-state index contributed by atoms with van der Waals surface area (Å²) in [6.07, 6.45) is 2.06. The van der Waals surface area contributed by atoms with Gasteiger partial charge >= 0.3 is 5.97 Å². The Balaban J connectivity index is 2.13. The summed E-state index contributed by atoms with van der Waals surface area (Å²) in [5.41, 5.74) is 5.33. The van der Waals surface area contributed by atoms with Gasteiger partial charge in [0.25, 0.3) is 0 Å². The second-order valence-corrected chi connectivity index (χ2v) is 3.27. The van der Waals surface area contributed by atoms with Crippen LogP contribution in [0.1, 0.15) is 12.8 Å². The maximum atomic E-state index is 10.4. The van der Waals surface area contributed by atoms with E-state index in [0.29, 0.717) is 13.2 Å².